The van der Waals surface area contributed by atoms with Crippen LogP contribution in [0.4, 0.5) is 0 Å². The number of carbonyl (C=O) groups is 1. The van der Waals surface area contributed by atoms with Gasteiger partial charge in [0.2, 0.25) is 0 Å². The third-order valence-electron chi connectivity index (χ3n) is 6.03. The standard InChI is InChI=1S/C23H25N5O/c1-28-20-12-5-4-11-19(20)27-22(28)23(29)24-16-8-6-7-15(13-16)14-21-25-17-9-2-3-10-18(17)26-21/h2-5,9-12,15-16H,6-8,13-14H2,1H3,(H,24,29)(H,25,26)/t15?,16-/m1/s1. The number of fused-ring (bicyclic) bond motifs is 2. The Balaban J connectivity index is 1.26. The van der Waals surface area contributed by atoms with Crippen molar-refractivity contribution in [1.82, 2.24) is 24.8 Å². The molecule has 2 heterocycles. The van der Waals surface area contributed by atoms with Crippen LogP contribution in [-0.2, 0) is 13.5 Å². The Kier molecular flexibility index (Phi) is 4.54. The fourth-order valence-corrected chi connectivity index (χ4v) is 4.58. The van der Waals surface area contributed by atoms with Gasteiger partial charge in [-0.25, -0.2) is 9.97 Å². The van der Waals surface area contributed by atoms with E-state index in [-0.39, 0.29) is 11.9 Å². The monoisotopic (exact) mass is 387 g/mol. The highest BCUT2D eigenvalue weighted by Gasteiger charge is 2.26. The maximum absolute atomic E-state index is 12.9. The van der Waals surface area contributed by atoms with Gasteiger partial charge in [0, 0.05) is 19.5 Å². The molecule has 6 nitrogen and oxygen atoms in total. The molecule has 2 aromatic carbocycles. The molecule has 6 heteroatoms. The van der Waals surface area contributed by atoms with Gasteiger partial charge >= 0.3 is 0 Å². The summed E-state index contributed by atoms with van der Waals surface area (Å²) in [5.74, 6) is 1.96. The zero-order valence-electron chi connectivity index (χ0n) is 16.6. The first kappa shape index (κ1) is 17.9. The number of aromatic nitrogens is 4. The van der Waals surface area contributed by atoms with Crippen LogP contribution in [0, 0.1) is 5.92 Å². The summed E-state index contributed by atoms with van der Waals surface area (Å²) in [6.45, 7) is 0. The Hall–Kier alpha value is -3.15. The SMILES string of the molecule is Cn1c(C(=O)N[C@@H]2CCCC(Cc3nc4ccccc4[nH]3)C2)nc2ccccc21. The molecule has 1 unspecified atom stereocenters. The van der Waals surface area contributed by atoms with Gasteiger partial charge in [-0.1, -0.05) is 30.7 Å². The lowest BCUT2D eigenvalue weighted by atomic mass is 9.83. The molecule has 1 aliphatic rings. The highest BCUT2D eigenvalue weighted by molar-refractivity contribution is 5.95. The Morgan fingerprint density at radius 3 is 2.72 bits per heavy atom. The highest BCUT2D eigenvalue weighted by Crippen LogP contribution is 2.28. The van der Waals surface area contributed by atoms with Crippen LogP contribution in [0.3, 0.4) is 0 Å². The topological polar surface area (TPSA) is 75.6 Å². The van der Waals surface area contributed by atoms with E-state index in [9.17, 15) is 4.79 Å². The lowest BCUT2D eigenvalue weighted by molar-refractivity contribution is 0.0906. The van der Waals surface area contributed by atoms with Gasteiger partial charge in [0.05, 0.1) is 22.1 Å². The van der Waals surface area contributed by atoms with Crippen molar-refractivity contribution in [2.75, 3.05) is 0 Å². The van der Waals surface area contributed by atoms with Crippen LogP contribution in [0.15, 0.2) is 48.5 Å². The summed E-state index contributed by atoms with van der Waals surface area (Å²) in [6.07, 6.45) is 5.22. The Morgan fingerprint density at radius 1 is 1.10 bits per heavy atom. The summed E-state index contributed by atoms with van der Waals surface area (Å²) >= 11 is 0. The van der Waals surface area contributed by atoms with Gasteiger partial charge in [-0.05, 0) is 49.4 Å². The zero-order chi connectivity index (χ0) is 19.8. The van der Waals surface area contributed by atoms with Gasteiger partial charge in [-0.3, -0.25) is 4.79 Å². The fourth-order valence-electron chi connectivity index (χ4n) is 4.58. The van der Waals surface area contributed by atoms with Crippen LogP contribution in [0.25, 0.3) is 22.1 Å². The van der Waals surface area contributed by atoms with Crippen molar-refractivity contribution >= 4 is 28.0 Å². The van der Waals surface area contributed by atoms with Crippen LogP contribution >= 0.6 is 0 Å². The molecular formula is C23H25N5O. The highest BCUT2D eigenvalue weighted by atomic mass is 16.2. The van der Waals surface area contributed by atoms with Crippen molar-refractivity contribution in [3.8, 4) is 0 Å². The molecule has 2 aromatic heterocycles. The first-order valence-corrected chi connectivity index (χ1v) is 10.3. The second kappa shape index (κ2) is 7.35. The summed E-state index contributed by atoms with van der Waals surface area (Å²) in [6, 6.07) is 16.2. The number of rotatable bonds is 4. The van der Waals surface area contributed by atoms with Crippen LogP contribution in [0.1, 0.15) is 42.1 Å². The second-order valence-corrected chi connectivity index (χ2v) is 8.09. The molecule has 0 spiro atoms. The number of amides is 1. The number of aromatic amines is 1. The van der Waals surface area contributed by atoms with Crippen molar-refractivity contribution in [3.63, 3.8) is 0 Å². The molecule has 0 bridgehead atoms. The van der Waals surface area contributed by atoms with Gasteiger partial charge in [0.25, 0.3) is 5.91 Å². The average molecular weight is 387 g/mol. The van der Waals surface area contributed by atoms with Crippen molar-refractivity contribution in [1.29, 1.82) is 0 Å². The molecule has 4 aromatic rings. The van der Waals surface area contributed by atoms with Crippen molar-refractivity contribution in [3.05, 3.63) is 60.2 Å². The molecule has 0 radical (unpaired) electrons. The van der Waals surface area contributed by atoms with E-state index >= 15 is 0 Å². The maximum Gasteiger partial charge on any atom is 0.287 e. The Morgan fingerprint density at radius 2 is 1.90 bits per heavy atom. The molecule has 1 aliphatic carbocycles. The molecule has 2 atom stereocenters. The lowest BCUT2D eigenvalue weighted by Gasteiger charge is -2.29. The predicted octanol–water partition coefficient (Wildman–Crippen LogP) is 3.98. The van der Waals surface area contributed by atoms with E-state index in [1.165, 1.54) is 6.42 Å². The minimum atomic E-state index is -0.0851. The average Bonchev–Trinajstić information content (AvgIpc) is 3.29. The van der Waals surface area contributed by atoms with Crippen molar-refractivity contribution in [2.45, 2.75) is 38.1 Å². The van der Waals surface area contributed by atoms with Crippen molar-refractivity contribution < 1.29 is 4.79 Å². The molecule has 0 saturated heterocycles. The quantitative estimate of drug-likeness (QED) is 0.556. The normalized spacial score (nSPS) is 19.6. The molecule has 0 aliphatic heterocycles. The van der Waals surface area contributed by atoms with E-state index in [2.05, 4.69) is 21.4 Å². The van der Waals surface area contributed by atoms with Gasteiger partial charge in [0.1, 0.15) is 5.82 Å². The number of hydrogen-bond donors (Lipinski definition) is 2. The maximum atomic E-state index is 12.9. The van der Waals surface area contributed by atoms with Gasteiger partial charge in [-0.15, -0.1) is 0 Å². The van der Waals surface area contributed by atoms with E-state index < -0.39 is 0 Å². The first-order chi connectivity index (χ1) is 14.2. The number of nitrogens with one attached hydrogen (secondary N) is 2. The third kappa shape index (κ3) is 3.50. The first-order valence-electron chi connectivity index (χ1n) is 10.3. The number of aryl methyl sites for hydroxylation is 1. The number of para-hydroxylation sites is 4. The molecule has 148 valence electrons. The molecule has 29 heavy (non-hydrogen) atoms. The molecular weight excluding hydrogens is 362 g/mol. The number of nitrogens with zero attached hydrogens (tertiary/aromatic N) is 3. The summed E-state index contributed by atoms with van der Waals surface area (Å²) in [7, 11) is 1.90. The smallest absolute Gasteiger partial charge is 0.287 e. The Bertz CT molecular complexity index is 1140. The van der Waals surface area contributed by atoms with Gasteiger partial charge < -0.3 is 14.9 Å². The largest absolute Gasteiger partial charge is 0.347 e. The van der Waals surface area contributed by atoms with E-state index in [0.717, 1.165) is 53.6 Å². The summed E-state index contributed by atoms with van der Waals surface area (Å²) in [4.78, 5) is 25.6. The third-order valence-corrected chi connectivity index (χ3v) is 6.03. The molecule has 1 amide bonds. The molecule has 2 N–H and O–H groups in total. The van der Waals surface area contributed by atoms with Crippen molar-refractivity contribution in [2.24, 2.45) is 13.0 Å². The minimum absolute atomic E-state index is 0.0851. The molecule has 1 fully saturated rings. The van der Waals surface area contributed by atoms with E-state index in [4.69, 9.17) is 4.98 Å². The number of benzene rings is 2. The Labute approximate surface area is 169 Å². The van der Waals surface area contributed by atoms with E-state index in [1.54, 1.807) is 0 Å². The molecule has 5 rings (SSSR count). The number of H-pyrrole nitrogens is 1. The lowest BCUT2D eigenvalue weighted by Crippen LogP contribution is -2.39. The van der Waals surface area contributed by atoms with Gasteiger partial charge in [0.15, 0.2) is 5.82 Å². The number of imidazole rings is 2. The number of hydrogen-bond acceptors (Lipinski definition) is 3. The van der Waals surface area contributed by atoms with Crippen LogP contribution < -0.4 is 5.32 Å². The van der Waals surface area contributed by atoms with Gasteiger partial charge in [-0.2, -0.15) is 0 Å². The van der Waals surface area contributed by atoms with Crippen LogP contribution in [0.2, 0.25) is 0 Å². The summed E-state index contributed by atoms with van der Waals surface area (Å²) in [5, 5.41) is 3.23. The fraction of sp³-hybridized carbons (Fsp3) is 0.348. The molecule has 1 saturated carbocycles. The minimum Gasteiger partial charge on any atom is -0.347 e. The van der Waals surface area contributed by atoms with Crippen LogP contribution in [0.5, 0.6) is 0 Å². The predicted molar refractivity (Wildman–Crippen MR) is 114 cm³/mol. The number of carbonyl (C=O) groups excluding carboxylic acids is 1. The summed E-state index contributed by atoms with van der Waals surface area (Å²) < 4.78 is 1.87. The zero-order valence-corrected chi connectivity index (χ0v) is 16.6. The second-order valence-electron chi connectivity index (χ2n) is 8.09. The van der Waals surface area contributed by atoms with Crippen LogP contribution in [-0.4, -0.2) is 31.5 Å². The van der Waals surface area contributed by atoms with E-state index in [0.29, 0.717) is 11.7 Å². The summed E-state index contributed by atoms with van der Waals surface area (Å²) in [5.41, 5.74) is 3.94. The van der Waals surface area contributed by atoms with E-state index in [1.807, 2.05) is 54.1 Å².